The van der Waals surface area contributed by atoms with Gasteiger partial charge in [-0.2, -0.15) is 5.26 Å². The van der Waals surface area contributed by atoms with Gasteiger partial charge in [-0.05, 0) is 13.8 Å². The van der Waals surface area contributed by atoms with Crippen molar-refractivity contribution in [1.82, 2.24) is 9.97 Å². The summed E-state index contributed by atoms with van der Waals surface area (Å²) in [5.41, 5.74) is 0.0787. The second-order valence-electron chi connectivity index (χ2n) is 3.45. The first-order valence-electron chi connectivity index (χ1n) is 4.21. The van der Waals surface area contributed by atoms with E-state index in [-0.39, 0.29) is 5.54 Å². The van der Waals surface area contributed by atoms with Crippen molar-refractivity contribution in [3.8, 4) is 6.07 Å². The Morgan fingerprint density at radius 2 is 2.21 bits per heavy atom. The summed E-state index contributed by atoms with van der Waals surface area (Å²) in [6.07, 6.45) is 4.75. The first-order valence-corrected chi connectivity index (χ1v) is 4.21. The van der Waals surface area contributed by atoms with Crippen molar-refractivity contribution in [1.29, 1.82) is 5.26 Å². The van der Waals surface area contributed by atoms with Gasteiger partial charge in [-0.1, -0.05) is 6.08 Å². The van der Waals surface area contributed by atoms with Gasteiger partial charge in [0, 0.05) is 0 Å². The van der Waals surface area contributed by atoms with Crippen LogP contribution in [0, 0.1) is 11.3 Å². The number of anilines is 1. The molecule has 0 spiro atoms. The molecule has 0 atom stereocenters. The first kappa shape index (κ1) is 10.2. The molecule has 0 aliphatic carbocycles. The van der Waals surface area contributed by atoms with E-state index in [1.807, 2.05) is 19.9 Å². The van der Waals surface area contributed by atoms with Gasteiger partial charge in [0.25, 0.3) is 0 Å². The zero-order valence-electron chi connectivity index (χ0n) is 8.28. The zero-order valence-corrected chi connectivity index (χ0v) is 8.28. The topological polar surface area (TPSA) is 61.6 Å². The van der Waals surface area contributed by atoms with Crippen LogP contribution in [0.15, 0.2) is 25.0 Å². The van der Waals surface area contributed by atoms with Crippen LogP contribution in [0.25, 0.3) is 0 Å². The van der Waals surface area contributed by atoms with E-state index < -0.39 is 0 Å². The van der Waals surface area contributed by atoms with Crippen molar-refractivity contribution in [3.63, 3.8) is 0 Å². The van der Waals surface area contributed by atoms with Gasteiger partial charge in [-0.25, -0.2) is 9.97 Å². The third kappa shape index (κ3) is 2.56. The molecule has 0 aromatic carbocycles. The van der Waals surface area contributed by atoms with Crippen LogP contribution in [0.2, 0.25) is 0 Å². The molecule has 0 fully saturated rings. The average molecular weight is 188 g/mol. The summed E-state index contributed by atoms with van der Waals surface area (Å²) in [4.78, 5) is 7.93. The molecule has 72 valence electrons. The lowest BCUT2D eigenvalue weighted by Crippen LogP contribution is -2.28. The van der Waals surface area contributed by atoms with Crippen LogP contribution in [0.3, 0.4) is 0 Å². The molecule has 0 aliphatic rings. The van der Waals surface area contributed by atoms with Gasteiger partial charge in [0.1, 0.15) is 11.9 Å². The summed E-state index contributed by atoms with van der Waals surface area (Å²) in [6, 6.07) is 1.91. The maximum atomic E-state index is 8.52. The Morgan fingerprint density at radius 3 is 2.64 bits per heavy atom. The Bertz CT molecular complexity index is 359. The minimum atomic E-state index is -0.233. The number of nitrogens with one attached hydrogen (secondary N) is 1. The lowest BCUT2D eigenvalue weighted by molar-refractivity contribution is 0.708. The molecule has 0 saturated carbocycles. The Kier molecular flexibility index (Phi) is 2.82. The highest BCUT2D eigenvalue weighted by atomic mass is 15.1. The molecule has 1 aromatic heterocycles. The molecule has 1 heterocycles. The summed E-state index contributed by atoms with van der Waals surface area (Å²) in [5, 5.41) is 11.6. The number of nitrogens with zero attached hydrogens (tertiary/aromatic N) is 3. The molecule has 4 heteroatoms. The number of hydrogen-bond donors (Lipinski definition) is 1. The Hall–Kier alpha value is -1.89. The van der Waals surface area contributed by atoms with E-state index in [0.717, 1.165) is 0 Å². The average Bonchev–Trinajstić information content (AvgIpc) is 2.19. The van der Waals surface area contributed by atoms with Crippen LogP contribution in [-0.4, -0.2) is 15.5 Å². The van der Waals surface area contributed by atoms with Crippen LogP contribution in [0.1, 0.15) is 19.5 Å². The van der Waals surface area contributed by atoms with E-state index in [2.05, 4.69) is 21.9 Å². The van der Waals surface area contributed by atoms with Crippen LogP contribution >= 0.6 is 0 Å². The van der Waals surface area contributed by atoms with E-state index in [0.29, 0.717) is 11.5 Å². The fourth-order valence-corrected chi connectivity index (χ4v) is 0.831. The molecule has 0 aliphatic heterocycles. The second-order valence-corrected chi connectivity index (χ2v) is 3.45. The van der Waals surface area contributed by atoms with Gasteiger partial charge < -0.3 is 5.32 Å². The number of hydrogen-bond acceptors (Lipinski definition) is 4. The Balaban J connectivity index is 2.80. The first-order chi connectivity index (χ1) is 6.57. The van der Waals surface area contributed by atoms with Gasteiger partial charge in [0.15, 0.2) is 5.69 Å². The molecule has 0 unspecified atom stereocenters. The molecule has 4 nitrogen and oxygen atoms in total. The van der Waals surface area contributed by atoms with E-state index in [1.165, 1.54) is 12.4 Å². The van der Waals surface area contributed by atoms with Crippen molar-refractivity contribution in [2.24, 2.45) is 0 Å². The lowest BCUT2D eigenvalue weighted by atomic mass is 10.1. The van der Waals surface area contributed by atoms with Crippen molar-refractivity contribution < 1.29 is 0 Å². The molecule has 0 saturated heterocycles. The summed E-state index contributed by atoms with van der Waals surface area (Å²) < 4.78 is 0. The van der Waals surface area contributed by atoms with Gasteiger partial charge in [-0.15, -0.1) is 6.58 Å². The molecule has 0 radical (unpaired) electrons. The Morgan fingerprint density at radius 1 is 1.50 bits per heavy atom. The Labute approximate surface area is 83.3 Å². The summed E-state index contributed by atoms with van der Waals surface area (Å²) in [5.74, 6) is 0.633. The minimum absolute atomic E-state index is 0.233. The number of aromatic nitrogens is 2. The van der Waals surface area contributed by atoms with Crippen LogP contribution in [0.4, 0.5) is 5.82 Å². The quantitative estimate of drug-likeness (QED) is 0.734. The van der Waals surface area contributed by atoms with Crippen LogP contribution in [0.5, 0.6) is 0 Å². The maximum absolute atomic E-state index is 8.52. The molecule has 1 aromatic rings. The lowest BCUT2D eigenvalue weighted by Gasteiger charge is -2.21. The molecule has 14 heavy (non-hydrogen) atoms. The highest BCUT2D eigenvalue weighted by Crippen LogP contribution is 2.11. The number of nitriles is 1. The predicted molar refractivity (Wildman–Crippen MR) is 54.6 cm³/mol. The fourth-order valence-electron chi connectivity index (χ4n) is 0.831. The molecular weight excluding hydrogens is 176 g/mol. The SMILES string of the molecule is C=CC(C)(C)Nc1cnc(C#N)cn1. The van der Waals surface area contributed by atoms with Gasteiger partial charge >= 0.3 is 0 Å². The molecule has 1 rings (SSSR count). The molecule has 0 bridgehead atoms. The zero-order chi connectivity index (χ0) is 10.6. The van der Waals surface area contributed by atoms with Gasteiger partial charge in [0.2, 0.25) is 0 Å². The van der Waals surface area contributed by atoms with Crippen molar-refractivity contribution >= 4 is 5.82 Å². The van der Waals surface area contributed by atoms with Crippen molar-refractivity contribution in [3.05, 3.63) is 30.7 Å². The smallest absolute Gasteiger partial charge is 0.158 e. The molecular formula is C10H12N4. The number of rotatable bonds is 3. The molecule has 0 amide bonds. The highest BCUT2D eigenvalue weighted by Gasteiger charge is 2.12. The van der Waals surface area contributed by atoms with E-state index >= 15 is 0 Å². The monoisotopic (exact) mass is 188 g/mol. The van der Waals surface area contributed by atoms with Crippen molar-refractivity contribution in [2.75, 3.05) is 5.32 Å². The van der Waals surface area contributed by atoms with E-state index in [1.54, 1.807) is 6.08 Å². The summed E-state index contributed by atoms with van der Waals surface area (Å²) in [6.45, 7) is 7.64. The standard InChI is InChI=1S/C10H12N4/c1-4-10(2,3)14-9-7-12-8(5-11)6-13-9/h4,6-7H,1H2,2-3H3,(H,13,14). The van der Waals surface area contributed by atoms with Crippen LogP contribution in [-0.2, 0) is 0 Å². The third-order valence-electron chi connectivity index (χ3n) is 1.73. The third-order valence-corrected chi connectivity index (χ3v) is 1.73. The predicted octanol–water partition coefficient (Wildman–Crippen LogP) is 1.72. The van der Waals surface area contributed by atoms with Gasteiger partial charge in [0.05, 0.1) is 17.9 Å². The maximum Gasteiger partial charge on any atom is 0.158 e. The van der Waals surface area contributed by atoms with E-state index in [4.69, 9.17) is 5.26 Å². The normalized spacial score (nSPS) is 10.4. The fraction of sp³-hybridized carbons (Fsp3) is 0.300. The van der Waals surface area contributed by atoms with Crippen molar-refractivity contribution in [2.45, 2.75) is 19.4 Å². The largest absolute Gasteiger partial charge is 0.360 e. The minimum Gasteiger partial charge on any atom is -0.360 e. The summed E-state index contributed by atoms with van der Waals surface area (Å²) >= 11 is 0. The molecule has 1 N–H and O–H groups in total. The highest BCUT2D eigenvalue weighted by molar-refractivity contribution is 5.37. The van der Waals surface area contributed by atoms with E-state index in [9.17, 15) is 0 Å². The van der Waals surface area contributed by atoms with Gasteiger partial charge in [-0.3, -0.25) is 0 Å². The second kappa shape index (κ2) is 3.88. The van der Waals surface area contributed by atoms with Crippen LogP contribution < -0.4 is 5.32 Å². The summed E-state index contributed by atoms with van der Waals surface area (Å²) in [7, 11) is 0.